The van der Waals surface area contributed by atoms with Crippen LogP contribution < -0.4 is 5.32 Å². The quantitative estimate of drug-likeness (QED) is 0.166. The molecule has 0 saturated heterocycles. The first-order valence-electron chi connectivity index (χ1n) is 10.8. The largest absolute Gasteiger partial charge is 0.467 e. The van der Waals surface area contributed by atoms with Crippen molar-refractivity contribution in [3.8, 4) is 11.4 Å². The Bertz CT molecular complexity index is 1270. The van der Waals surface area contributed by atoms with Crippen LogP contribution in [0.5, 0.6) is 0 Å². The zero-order chi connectivity index (χ0) is 23.9. The summed E-state index contributed by atoms with van der Waals surface area (Å²) >= 11 is 7.56. The van der Waals surface area contributed by atoms with Gasteiger partial charge in [0.1, 0.15) is 5.76 Å². The Balaban J connectivity index is 1.39. The van der Waals surface area contributed by atoms with Crippen molar-refractivity contribution in [3.63, 3.8) is 0 Å². The summed E-state index contributed by atoms with van der Waals surface area (Å²) in [6, 6.07) is 18.2. The predicted octanol–water partition coefficient (Wildman–Crippen LogP) is 5.95. The Hall–Kier alpha value is -3.36. The smallest absolute Gasteiger partial charge is 0.224 e. The van der Waals surface area contributed by atoms with Crippen LogP contribution in [0.2, 0.25) is 5.02 Å². The van der Waals surface area contributed by atoms with E-state index < -0.39 is 0 Å². The summed E-state index contributed by atoms with van der Waals surface area (Å²) in [5, 5.41) is 13.0. The molecular formula is C25H23ClN4O3S. The second-order valence-corrected chi connectivity index (χ2v) is 9.08. The van der Waals surface area contributed by atoms with Crippen LogP contribution in [-0.4, -0.2) is 32.2 Å². The fourth-order valence-corrected chi connectivity index (χ4v) is 4.42. The monoisotopic (exact) mass is 494 g/mol. The van der Waals surface area contributed by atoms with Crippen molar-refractivity contribution in [2.24, 2.45) is 0 Å². The molecule has 0 bridgehead atoms. The van der Waals surface area contributed by atoms with Crippen molar-refractivity contribution in [3.05, 3.63) is 83.3 Å². The molecule has 0 saturated carbocycles. The first-order valence-corrected chi connectivity index (χ1v) is 12.1. The molecule has 2 heterocycles. The van der Waals surface area contributed by atoms with E-state index in [9.17, 15) is 9.59 Å². The molecule has 0 aliphatic carbocycles. The summed E-state index contributed by atoms with van der Waals surface area (Å²) in [7, 11) is 0. The molecule has 34 heavy (non-hydrogen) atoms. The predicted molar refractivity (Wildman–Crippen MR) is 133 cm³/mol. The van der Waals surface area contributed by atoms with E-state index >= 15 is 0 Å². The number of nitrogens with one attached hydrogen (secondary N) is 1. The van der Waals surface area contributed by atoms with Crippen LogP contribution in [0.1, 0.15) is 35.9 Å². The van der Waals surface area contributed by atoms with Gasteiger partial charge in [-0.1, -0.05) is 35.5 Å². The lowest BCUT2D eigenvalue weighted by atomic mass is 10.1. The number of aromatic nitrogens is 3. The van der Waals surface area contributed by atoms with Crippen molar-refractivity contribution >= 4 is 40.7 Å². The molecule has 174 valence electrons. The van der Waals surface area contributed by atoms with Gasteiger partial charge in [0.15, 0.2) is 16.8 Å². The summed E-state index contributed by atoms with van der Waals surface area (Å²) in [6.07, 6.45) is 2.61. The maximum atomic E-state index is 12.4. The molecule has 0 radical (unpaired) electrons. The van der Waals surface area contributed by atoms with Gasteiger partial charge in [0.2, 0.25) is 5.91 Å². The molecule has 0 aliphatic rings. The van der Waals surface area contributed by atoms with Gasteiger partial charge in [-0.05, 0) is 61.9 Å². The number of furan rings is 1. The zero-order valence-electron chi connectivity index (χ0n) is 18.5. The molecule has 0 spiro atoms. The number of hydrogen-bond acceptors (Lipinski definition) is 6. The summed E-state index contributed by atoms with van der Waals surface area (Å²) in [6.45, 7) is 1.97. The molecule has 0 atom stereocenters. The molecular weight excluding hydrogens is 472 g/mol. The topological polar surface area (TPSA) is 90.0 Å². The highest BCUT2D eigenvalue weighted by atomic mass is 35.5. The number of Topliss-reactive ketones (excluding diaryl/α,β-unsaturated/α-hetero) is 1. The molecule has 0 unspecified atom stereocenters. The SMILES string of the molecule is CC(=O)c1ccccc1NC(=O)CCCSc1nnc(-c2ccc(Cl)cc2)n1Cc1ccco1. The Kier molecular flexibility index (Phi) is 7.82. The molecule has 0 aliphatic heterocycles. The van der Waals surface area contributed by atoms with E-state index in [-0.39, 0.29) is 11.7 Å². The highest BCUT2D eigenvalue weighted by Gasteiger charge is 2.16. The fraction of sp³-hybridized carbons (Fsp3) is 0.200. The number of para-hydroxylation sites is 1. The third-order valence-electron chi connectivity index (χ3n) is 5.07. The van der Waals surface area contributed by atoms with E-state index in [0.29, 0.717) is 47.2 Å². The number of thioether (sulfide) groups is 1. The van der Waals surface area contributed by atoms with Crippen LogP contribution in [0, 0.1) is 0 Å². The van der Waals surface area contributed by atoms with Crippen molar-refractivity contribution in [2.75, 3.05) is 11.1 Å². The molecule has 4 rings (SSSR count). The van der Waals surface area contributed by atoms with Gasteiger partial charge in [0, 0.05) is 28.3 Å². The first kappa shape index (κ1) is 23.8. The molecule has 4 aromatic rings. The van der Waals surface area contributed by atoms with E-state index in [4.69, 9.17) is 16.0 Å². The maximum Gasteiger partial charge on any atom is 0.224 e. The van der Waals surface area contributed by atoms with E-state index in [1.165, 1.54) is 18.7 Å². The average Bonchev–Trinajstić information content (AvgIpc) is 3.48. The van der Waals surface area contributed by atoms with Gasteiger partial charge in [-0.15, -0.1) is 10.2 Å². The summed E-state index contributed by atoms with van der Waals surface area (Å²) < 4.78 is 7.52. The van der Waals surface area contributed by atoms with Crippen LogP contribution in [0.4, 0.5) is 5.69 Å². The normalized spacial score (nSPS) is 10.9. The Morgan fingerprint density at radius 1 is 1.06 bits per heavy atom. The van der Waals surface area contributed by atoms with E-state index in [2.05, 4.69) is 15.5 Å². The molecule has 9 heteroatoms. The van der Waals surface area contributed by atoms with Crippen molar-refractivity contribution < 1.29 is 14.0 Å². The van der Waals surface area contributed by atoms with E-state index in [0.717, 1.165) is 16.5 Å². The van der Waals surface area contributed by atoms with Crippen LogP contribution in [0.3, 0.4) is 0 Å². The number of hydrogen-bond donors (Lipinski definition) is 1. The third-order valence-corrected chi connectivity index (χ3v) is 6.38. The Morgan fingerprint density at radius 3 is 2.59 bits per heavy atom. The fourth-order valence-electron chi connectivity index (χ4n) is 3.42. The second kappa shape index (κ2) is 11.2. The van der Waals surface area contributed by atoms with Gasteiger partial charge in [-0.3, -0.25) is 14.2 Å². The Morgan fingerprint density at radius 2 is 1.85 bits per heavy atom. The number of anilines is 1. The lowest BCUT2D eigenvalue weighted by Crippen LogP contribution is -2.14. The maximum absolute atomic E-state index is 12.4. The Labute approximate surface area is 206 Å². The number of benzene rings is 2. The molecule has 1 N–H and O–H groups in total. The lowest BCUT2D eigenvalue weighted by Gasteiger charge is -2.10. The van der Waals surface area contributed by atoms with Gasteiger partial charge in [0.25, 0.3) is 0 Å². The van der Waals surface area contributed by atoms with Crippen LogP contribution in [-0.2, 0) is 11.3 Å². The van der Waals surface area contributed by atoms with Crippen LogP contribution >= 0.6 is 23.4 Å². The van der Waals surface area contributed by atoms with Gasteiger partial charge < -0.3 is 9.73 Å². The van der Waals surface area contributed by atoms with Crippen molar-refractivity contribution in [1.82, 2.24) is 14.8 Å². The molecule has 7 nitrogen and oxygen atoms in total. The van der Waals surface area contributed by atoms with Crippen molar-refractivity contribution in [1.29, 1.82) is 0 Å². The number of ketones is 1. The summed E-state index contributed by atoms with van der Waals surface area (Å²) in [5.74, 6) is 1.97. The van der Waals surface area contributed by atoms with Gasteiger partial charge in [-0.2, -0.15) is 0 Å². The molecule has 1 amide bonds. The minimum atomic E-state index is -0.131. The first-order chi connectivity index (χ1) is 16.5. The minimum absolute atomic E-state index is 0.0844. The molecule has 2 aromatic heterocycles. The van der Waals surface area contributed by atoms with Gasteiger partial charge >= 0.3 is 0 Å². The number of amides is 1. The third kappa shape index (κ3) is 5.95. The number of carbonyl (C=O) groups excluding carboxylic acids is 2. The second-order valence-electron chi connectivity index (χ2n) is 7.58. The number of carbonyl (C=O) groups is 2. The van der Waals surface area contributed by atoms with E-state index in [1.807, 2.05) is 41.0 Å². The number of rotatable bonds is 10. The average molecular weight is 495 g/mol. The van der Waals surface area contributed by atoms with Crippen LogP contribution in [0.25, 0.3) is 11.4 Å². The van der Waals surface area contributed by atoms with E-state index in [1.54, 1.807) is 30.5 Å². The zero-order valence-corrected chi connectivity index (χ0v) is 20.1. The highest BCUT2D eigenvalue weighted by Crippen LogP contribution is 2.27. The molecule has 0 fully saturated rings. The van der Waals surface area contributed by atoms with Crippen LogP contribution in [0.15, 0.2) is 76.5 Å². The summed E-state index contributed by atoms with van der Waals surface area (Å²) in [4.78, 5) is 24.2. The van der Waals surface area contributed by atoms with Crippen molar-refractivity contribution in [2.45, 2.75) is 31.5 Å². The summed E-state index contributed by atoms with van der Waals surface area (Å²) in [5.41, 5.74) is 1.95. The standard InChI is InChI=1S/C25H23ClN4O3S/c1-17(31)21-7-2-3-8-22(21)27-23(32)9-5-15-34-25-29-28-24(18-10-12-19(26)13-11-18)30(25)16-20-6-4-14-33-20/h2-4,6-8,10-14H,5,9,15-16H2,1H3,(H,27,32). The van der Waals surface area contributed by atoms with Gasteiger partial charge in [-0.25, -0.2) is 0 Å². The number of halogens is 1. The molecule has 2 aromatic carbocycles. The lowest BCUT2D eigenvalue weighted by molar-refractivity contribution is -0.116. The van der Waals surface area contributed by atoms with Gasteiger partial charge in [0.05, 0.1) is 18.5 Å². The highest BCUT2D eigenvalue weighted by molar-refractivity contribution is 7.99. The number of nitrogens with zero attached hydrogens (tertiary/aromatic N) is 3. The minimum Gasteiger partial charge on any atom is -0.467 e.